The number of aromatic nitrogens is 2. The molecule has 1 aliphatic heterocycles. The fourth-order valence-corrected chi connectivity index (χ4v) is 3.23. The zero-order valence-electron chi connectivity index (χ0n) is 13.3. The summed E-state index contributed by atoms with van der Waals surface area (Å²) in [6.45, 7) is 0.394. The average Bonchev–Trinajstić information content (AvgIpc) is 3.09. The van der Waals surface area contributed by atoms with Crippen LogP contribution >= 0.6 is 11.6 Å². The maximum atomic E-state index is 11.9. The van der Waals surface area contributed by atoms with Gasteiger partial charge >= 0.3 is 0 Å². The Kier molecular flexibility index (Phi) is 4.15. The summed E-state index contributed by atoms with van der Waals surface area (Å²) in [5, 5.41) is 10.4. The first kappa shape index (κ1) is 15.7. The van der Waals surface area contributed by atoms with Crippen LogP contribution in [0.2, 0.25) is 5.02 Å². The van der Waals surface area contributed by atoms with E-state index in [1.165, 1.54) is 0 Å². The molecule has 0 aliphatic carbocycles. The van der Waals surface area contributed by atoms with E-state index in [0.717, 1.165) is 22.4 Å². The highest BCUT2D eigenvalue weighted by molar-refractivity contribution is 6.31. The smallest absolute Gasteiger partial charge is 0.226 e. The van der Waals surface area contributed by atoms with Crippen LogP contribution in [0.25, 0.3) is 0 Å². The van der Waals surface area contributed by atoms with Gasteiger partial charge in [0.2, 0.25) is 5.91 Å². The third kappa shape index (κ3) is 3.23. The number of carbonyl (C=O) groups is 1. The zero-order valence-corrected chi connectivity index (χ0v) is 14.1. The molecule has 2 aromatic carbocycles. The van der Waals surface area contributed by atoms with E-state index in [-0.39, 0.29) is 11.8 Å². The van der Waals surface area contributed by atoms with Crippen molar-refractivity contribution in [3.05, 3.63) is 76.4 Å². The van der Waals surface area contributed by atoms with Gasteiger partial charge in [0.15, 0.2) is 0 Å². The van der Waals surface area contributed by atoms with E-state index in [1.54, 1.807) is 6.20 Å². The largest absolute Gasteiger partial charge is 0.489 e. The first-order valence-electron chi connectivity index (χ1n) is 8.00. The van der Waals surface area contributed by atoms with Gasteiger partial charge in [-0.2, -0.15) is 5.10 Å². The Hall–Kier alpha value is -2.79. The lowest BCUT2D eigenvalue weighted by atomic mass is 9.87. The van der Waals surface area contributed by atoms with Gasteiger partial charge in [0, 0.05) is 28.5 Å². The van der Waals surface area contributed by atoms with Gasteiger partial charge in [-0.3, -0.25) is 9.89 Å². The second-order valence-electron chi connectivity index (χ2n) is 5.96. The van der Waals surface area contributed by atoms with Gasteiger partial charge in [0.05, 0.1) is 6.20 Å². The summed E-state index contributed by atoms with van der Waals surface area (Å²) in [5.74, 6) is 1.35. The molecule has 5 nitrogen and oxygen atoms in total. The number of benzene rings is 2. The number of aromatic amines is 1. The minimum absolute atomic E-state index is 0.0239. The number of hydrogen-bond acceptors (Lipinski definition) is 3. The molecule has 2 heterocycles. The Labute approximate surface area is 150 Å². The number of nitrogens with zero attached hydrogens (tertiary/aromatic N) is 1. The number of ether oxygens (including phenoxy) is 1. The maximum absolute atomic E-state index is 11.9. The van der Waals surface area contributed by atoms with E-state index >= 15 is 0 Å². The summed E-state index contributed by atoms with van der Waals surface area (Å²) < 4.78 is 5.89. The Morgan fingerprint density at radius 2 is 2.08 bits per heavy atom. The standard InChI is InChI=1S/C19H16ClN3O2/c20-17-7-2-1-4-13(17)11-25-14-6-3-5-12(8-14)15-9-18(24)22-19-16(15)10-21-23-19/h1-8,10,15H,9,11H2,(H2,21,22,23,24)/t15-/m0/s1. The van der Waals surface area contributed by atoms with Crippen molar-refractivity contribution in [1.82, 2.24) is 10.2 Å². The summed E-state index contributed by atoms with van der Waals surface area (Å²) in [5.41, 5.74) is 2.95. The monoisotopic (exact) mass is 353 g/mol. The number of nitrogens with one attached hydrogen (secondary N) is 2. The summed E-state index contributed by atoms with van der Waals surface area (Å²) in [4.78, 5) is 11.9. The van der Waals surface area contributed by atoms with Gasteiger partial charge < -0.3 is 10.1 Å². The van der Waals surface area contributed by atoms with E-state index < -0.39 is 0 Å². The zero-order chi connectivity index (χ0) is 17.2. The number of hydrogen-bond donors (Lipinski definition) is 2. The molecule has 1 atom stereocenters. The fraction of sp³-hybridized carbons (Fsp3) is 0.158. The number of amides is 1. The van der Waals surface area contributed by atoms with Gasteiger partial charge in [0.1, 0.15) is 18.2 Å². The van der Waals surface area contributed by atoms with Crippen LogP contribution in [0.3, 0.4) is 0 Å². The molecule has 6 heteroatoms. The van der Waals surface area contributed by atoms with Crippen molar-refractivity contribution in [1.29, 1.82) is 0 Å². The summed E-state index contributed by atoms with van der Waals surface area (Å²) in [6, 6.07) is 15.4. The Balaban J connectivity index is 1.56. The van der Waals surface area contributed by atoms with Crippen LogP contribution in [0.15, 0.2) is 54.7 Å². The molecule has 0 saturated carbocycles. The molecular formula is C19H16ClN3O2. The molecule has 1 amide bonds. The molecule has 0 spiro atoms. The maximum Gasteiger partial charge on any atom is 0.226 e. The number of H-pyrrole nitrogens is 1. The lowest BCUT2D eigenvalue weighted by Crippen LogP contribution is -2.22. The Morgan fingerprint density at radius 3 is 2.96 bits per heavy atom. The molecule has 4 rings (SSSR count). The molecule has 0 unspecified atom stereocenters. The number of anilines is 1. The molecule has 25 heavy (non-hydrogen) atoms. The molecule has 1 aromatic heterocycles. The molecule has 0 bridgehead atoms. The normalized spacial score (nSPS) is 16.2. The summed E-state index contributed by atoms with van der Waals surface area (Å²) in [7, 11) is 0. The van der Waals surface area contributed by atoms with Crippen molar-refractivity contribution in [2.24, 2.45) is 0 Å². The first-order chi connectivity index (χ1) is 12.2. The number of rotatable bonds is 4. The molecule has 3 aromatic rings. The Morgan fingerprint density at radius 1 is 1.20 bits per heavy atom. The number of carbonyl (C=O) groups excluding carboxylic acids is 1. The highest BCUT2D eigenvalue weighted by Crippen LogP contribution is 2.36. The first-order valence-corrected chi connectivity index (χ1v) is 8.38. The predicted octanol–water partition coefficient (Wildman–Crippen LogP) is 4.12. The molecule has 126 valence electrons. The third-order valence-corrected chi connectivity index (χ3v) is 4.68. The number of halogens is 1. The average molecular weight is 354 g/mol. The van der Waals surface area contributed by atoms with E-state index in [1.807, 2.05) is 48.5 Å². The van der Waals surface area contributed by atoms with Crippen molar-refractivity contribution >= 4 is 23.3 Å². The van der Waals surface area contributed by atoms with Crippen LogP contribution in [0.5, 0.6) is 5.75 Å². The quantitative estimate of drug-likeness (QED) is 0.741. The van der Waals surface area contributed by atoms with Gasteiger partial charge in [-0.15, -0.1) is 0 Å². The molecule has 0 saturated heterocycles. The van der Waals surface area contributed by atoms with E-state index in [2.05, 4.69) is 15.5 Å². The molecule has 1 aliphatic rings. The lowest BCUT2D eigenvalue weighted by Gasteiger charge is -2.22. The lowest BCUT2D eigenvalue weighted by molar-refractivity contribution is -0.116. The summed E-state index contributed by atoms with van der Waals surface area (Å²) >= 11 is 6.17. The topological polar surface area (TPSA) is 67.0 Å². The second-order valence-corrected chi connectivity index (χ2v) is 6.37. The van der Waals surface area contributed by atoms with Gasteiger partial charge in [-0.1, -0.05) is 41.9 Å². The van der Waals surface area contributed by atoms with Crippen molar-refractivity contribution in [3.8, 4) is 5.75 Å². The minimum atomic E-state index is -0.0358. The van der Waals surface area contributed by atoms with Crippen molar-refractivity contribution in [3.63, 3.8) is 0 Å². The van der Waals surface area contributed by atoms with Crippen LogP contribution in [0, 0.1) is 0 Å². The van der Waals surface area contributed by atoms with Gasteiger partial charge in [-0.05, 0) is 23.8 Å². The predicted molar refractivity (Wildman–Crippen MR) is 95.9 cm³/mol. The van der Waals surface area contributed by atoms with Crippen LogP contribution in [0.4, 0.5) is 5.82 Å². The third-order valence-electron chi connectivity index (χ3n) is 4.31. The van der Waals surface area contributed by atoms with Gasteiger partial charge in [-0.25, -0.2) is 0 Å². The van der Waals surface area contributed by atoms with Crippen molar-refractivity contribution in [2.75, 3.05) is 5.32 Å². The van der Waals surface area contributed by atoms with E-state index in [0.29, 0.717) is 23.9 Å². The minimum Gasteiger partial charge on any atom is -0.489 e. The van der Waals surface area contributed by atoms with E-state index in [4.69, 9.17) is 16.3 Å². The Bertz CT molecular complexity index is 922. The summed E-state index contributed by atoms with van der Waals surface area (Å²) in [6.07, 6.45) is 2.15. The van der Waals surface area contributed by atoms with Crippen molar-refractivity contribution < 1.29 is 9.53 Å². The highest BCUT2D eigenvalue weighted by Gasteiger charge is 2.28. The SMILES string of the molecule is O=C1C[C@@H](c2cccc(OCc3ccccc3Cl)c2)c2cn[nH]c2N1. The van der Waals surface area contributed by atoms with Gasteiger partial charge in [0.25, 0.3) is 0 Å². The molecular weight excluding hydrogens is 338 g/mol. The van der Waals surface area contributed by atoms with Crippen molar-refractivity contribution in [2.45, 2.75) is 18.9 Å². The molecule has 2 N–H and O–H groups in total. The van der Waals surface area contributed by atoms with Crippen LogP contribution in [-0.4, -0.2) is 16.1 Å². The molecule has 0 radical (unpaired) electrons. The number of fused-ring (bicyclic) bond motifs is 1. The second kappa shape index (κ2) is 6.61. The van der Waals surface area contributed by atoms with Crippen LogP contribution < -0.4 is 10.1 Å². The van der Waals surface area contributed by atoms with E-state index in [9.17, 15) is 4.79 Å². The molecule has 0 fully saturated rings. The van der Waals surface area contributed by atoms with Crippen LogP contribution in [0.1, 0.15) is 29.0 Å². The highest BCUT2D eigenvalue weighted by atomic mass is 35.5. The fourth-order valence-electron chi connectivity index (χ4n) is 3.04. The van der Waals surface area contributed by atoms with Crippen LogP contribution in [-0.2, 0) is 11.4 Å².